The van der Waals surface area contributed by atoms with Crippen molar-refractivity contribution in [3.8, 4) is 0 Å². The van der Waals surface area contributed by atoms with Gasteiger partial charge in [0.15, 0.2) is 5.96 Å². The summed E-state index contributed by atoms with van der Waals surface area (Å²) in [7, 11) is 0. The van der Waals surface area contributed by atoms with Crippen molar-refractivity contribution in [3.05, 3.63) is 0 Å². The number of nitrogens with zero attached hydrogens (tertiary/aromatic N) is 2. The Kier molecular flexibility index (Phi) is 15.4. The normalized spacial score (nSPS) is 22.2. The SMILES string of the molecule is CCNC(=NCC(C(C)C)N1CCCCCC1)NCCCOCC1CCOC1.I. The maximum absolute atomic E-state index is 5.79. The lowest BCUT2D eigenvalue weighted by Gasteiger charge is -2.32. The van der Waals surface area contributed by atoms with Gasteiger partial charge in [-0.2, -0.15) is 0 Å². The van der Waals surface area contributed by atoms with Crippen LogP contribution in [-0.4, -0.2) is 76.1 Å². The van der Waals surface area contributed by atoms with E-state index < -0.39 is 0 Å². The van der Waals surface area contributed by atoms with Crippen LogP contribution in [0.3, 0.4) is 0 Å². The number of ether oxygens (including phenoxy) is 2. The third kappa shape index (κ3) is 11.2. The van der Waals surface area contributed by atoms with Crippen molar-refractivity contribution in [2.75, 3.05) is 59.2 Å². The Labute approximate surface area is 196 Å². The molecule has 6 nitrogen and oxygen atoms in total. The molecule has 2 rings (SSSR count). The molecule has 0 bridgehead atoms. The van der Waals surface area contributed by atoms with E-state index >= 15 is 0 Å². The smallest absolute Gasteiger partial charge is 0.191 e. The Morgan fingerprint density at radius 1 is 1.17 bits per heavy atom. The summed E-state index contributed by atoms with van der Waals surface area (Å²) in [5.74, 6) is 2.16. The molecular formula is C22H45IN4O2. The summed E-state index contributed by atoms with van der Waals surface area (Å²) in [4.78, 5) is 7.59. The molecule has 0 radical (unpaired) electrons. The van der Waals surface area contributed by atoms with Crippen molar-refractivity contribution >= 4 is 29.9 Å². The standard InChI is InChI=1S/C22H44N4O2.HI/c1-4-23-22(24-11-9-14-27-17-20-10-15-28-18-20)25-16-21(19(2)3)26-12-7-5-6-8-13-26;/h19-21H,4-18H2,1-3H3,(H2,23,24,25);1H. The molecule has 2 heterocycles. The van der Waals surface area contributed by atoms with Crippen LogP contribution in [0.25, 0.3) is 0 Å². The highest BCUT2D eigenvalue weighted by Gasteiger charge is 2.22. The number of guanidine groups is 1. The molecule has 29 heavy (non-hydrogen) atoms. The van der Waals surface area contributed by atoms with Gasteiger partial charge in [-0.1, -0.05) is 26.7 Å². The topological polar surface area (TPSA) is 58.1 Å². The minimum absolute atomic E-state index is 0. The summed E-state index contributed by atoms with van der Waals surface area (Å²) in [5.41, 5.74) is 0. The van der Waals surface area contributed by atoms with Gasteiger partial charge in [0.05, 0.1) is 19.8 Å². The van der Waals surface area contributed by atoms with Gasteiger partial charge in [-0.25, -0.2) is 0 Å². The number of halogens is 1. The number of likely N-dealkylation sites (tertiary alicyclic amines) is 1. The van der Waals surface area contributed by atoms with Crippen LogP contribution >= 0.6 is 24.0 Å². The lowest BCUT2D eigenvalue weighted by Crippen LogP contribution is -2.44. The summed E-state index contributed by atoms with van der Waals surface area (Å²) in [6.07, 6.45) is 7.56. The highest BCUT2D eigenvalue weighted by molar-refractivity contribution is 14.0. The number of aliphatic imine (C=N–C) groups is 1. The van der Waals surface area contributed by atoms with Crippen LogP contribution in [0, 0.1) is 11.8 Å². The Bertz CT molecular complexity index is 423. The molecule has 0 aromatic heterocycles. The van der Waals surface area contributed by atoms with E-state index in [0.717, 1.165) is 64.9 Å². The Balaban J connectivity index is 0.00000420. The summed E-state index contributed by atoms with van der Waals surface area (Å²) in [6.45, 7) is 15.3. The summed E-state index contributed by atoms with van der Waals surface area (Å²) in [6, 6.07) is 0.533. The van der Waals surface area contributed by atoms with E-state index in [4.69, 9.17) is 14.5 Å². The van der Waals surface area contributed by atoms with Crippen molar-refractivity contribution in [2.45, 2.75) is 65.3 Å². The van der Waals surface area contributed by atoms with Crippen molar-refractivity contribution in [1.82, 2.24) is 15.5 Å². The first-order valence-electron chi connectivity index (χ1n) is 11.6. The summed E-state index contributed by atoms with van der Waals surface area (Å²) in [5, 5.41) is 6.87. The van der Waals surface area contributed by atoms with E-state index in [-0.39, 0.29) is 24.0 Å². The van der Waals surface area contributed by atoms with E-state index in [1.807, 2.05) is 0 Å². The molecule has 2 atom stereocenters. The molecule has 0 aromatic rings. The van der Waals surface area contributed by atoms with Crippen LogP contribution in [0.5, 0.6) is 0 Å². The second-order valence-corrected chi connectivity index (χ2v) is 8.57. The fourth-order valence-electron chi connectivity index (χ4n) is 4.05. The van der Waals surface area contributed by atoms with Gasteiger partial charge in [-0.05, 0) is 51.6 Å². The molecule has 2 fully saturated rings. The van der Waals surface area contributed by atoms with Crippen molar-refractivity contribution in [2.24, 2.45) is 16.8 Å². The van der Waals surface area contributed by atoms with Gasteiger partial charge in [-0.15, -0.1) is 24.0 Å². The highest BCUT2D eigenvalue weighted by Crippen LogP contribution is 2.17. The van der Waals surface area contributed by atoms with Crippen LogP contribution in [0.15, 0.2) is 4.99 Å². The first kappa shape index (κ1) is 26.9. The lowest BCUT2D eigenvalue weighted by atomic mass is 10.0. The van der Waals surface area contributed by atoms with Crippen molar-refractivity contribution in [3.63, 3.8) is 0 Å². The average Bonchev–Trinajstić information content (AvgIpc) is 3.06. The molecular weight excluding hydrogens is 479 g/mol. The second-order valence-electron chi connectivity index (χ2n) is 8.57. The monoisotopic (exact) mass is 524 g/mol. The van der Waals surface area contributed by atoms with Crippen LogP contribution in [0.1, 0.15) is 59.3 Å². The molecule has 2 aliphatic rings. The lowest BCUT2D eigenvalue weighted by molar-refractivity contribution is 0.0888. The minimum Gasteiger partial charge on any atom is -0.381 e. The summed E-state index contributed by atoms with van der Waals surface area (Å²) >= 11 is 0. The third-order valence-corrected chi connectivity index (χ3v) is 5.80. The van der Waals surface area contributed by atoms with Crippen LogP contribution in [0.4, 0.5) is 0 Å². The van der Waals surface area contributed by atoms with Crippen molar-refractivity contribution < 1.29 is 9.47 Å². The highest BCUT2D eigenvalue weighted by atomic mass is 127. The zero-order chi connectivity index (χ0) is 20.0. The predicted octanol–water partition coefficient (Wildman–Crippen LogP) is 3.50. The van der Waals surface area contributed by atoms with Gasteiger partial charge in [0.1, 0.15) is 0 Å². The summed E-state index contributed by atoms with van der Waals surface area (Å²) < 4.78 is 11.2. The number of rotatable bonds is 11. The fourth-order valence-corrected chi connectivity index (χ4v) is 4.05. The van der Waals surface area contributed by atoms with E-state index in [1.165, 1.54) is 38.8 Å². The Hall–Kier alpha value is -0.120. The molecule has 2 unspecified atom stereocenters. The Morgan fingerprint density at radius 3 is 2.55 bits per heavy atom. The molecule has 0 spiro atoms. The maximum atomic E-state index is 5.79. The zero-order valence-electron chi connectivity index (χ0n) is 19.0. The van der Waals surface area contributed by atoms with E-state index in [2.05, 4.69) is 36.3 Å². The van der Waals surface area contributed by atoms with Crippen molar-refractivity contribution in [1.29, 1.82) is 0 Å². The number of nitrogens with one attached hydrogen (secondary N) is 2. The second kappa shape index (κ2) is 16.6. The van der Waals surface area contributed by atoms with Gasteiger partial charge >= 0.3 is 0 Å². The zero-order valence-corrected chi connectivity index (χ0v) is 21.3. The van der Waals surface area contributed by atoms with E-state index in [0.29, 0.717) is 17.9 Å². The largest absolute Gasteiger partial charge is 0.381 e. The van der Waals surface area contributed by atoms with E-state index in [1.54, 1.807) is 0 Å². The molecule has 0 saturated carbocycles. The molecule has 2 saturated heterocycles. The van der Waals surface area contributed by atoms with Crippen LogP contribution in [0.2, 0.25) is 0 Å². The molecule has 0 aliphatic carbocycles. The first-order valence-corrected chi connectivity index (χ1v) is 11.6. The maximum Gasteiger partial charge on any atom is 0.191 e. The molecule has 2 N–H and O–H groups in total. The molecule has 2 aliphatic heterocycles. The molecule has 7 heteroatoms. The predicted molar refractivity (Wildman–Crippen MR) is 132 cm³/mol. The van der Waals surface area contributed by atoms with Gasteiger partial charge in [0.25, 0.3) is 0 Å². The third-order valence-electron chi connectivity index (χ3n) is 5.80. The fraction of sp³-hybridized carbons (Fsp3) is 0.955. The van der Waals surface area contributed by atoms with E-state index in [9.17, 15) is 0 Å². The molecule has 172 valence electrons. The first-order chi connectivity index (χ1) is 13.7. The van der Waals surface area contributed by atoms with Crippen LogP contribution in [-0.2, 0) is 9.47 Å². The average molecular weight is 525 g/mol. The number of hydrogen-bond donors (Lipinski definition) is 2. The van der Waals surface area contributed by atoms with Gasteiger partial charge in [-0.3, -0.25) is 9.89 Å². The quantitative estimate of drug-likeness (QED) is 0.188. The van der Waals surface area contributed by atoms with Gasteiger partial charge in [0.2, 0.25) is 0 Å². The number of hydrogen-bond acceptors (Lipinski definition) is 4. The van der Waals surface area contributed by atoms with Gasteiger partial charge < -0.3 is 20.1 Å². The van der Waals surface area contributed by atoms with Crippen LogP contribution < -0.4 is 10.6 Å². The minimum atomic E-state index is 0. The van der Waals surface area contributed by atoms with Gasteiger partial charge in [0, 0.05) is 38.3 Å². The Morgan fingerprint density at radius 2 is 1.93 bits per heavy atom. The molecule has 0 aromatic carbocycles. The molecule has 0 amide bonds.